The van der Waals surface area contributed by atoms with Crippen LogP contribution in [-0.4, -0.2) is 23.9 Å². The molecule has 0 aliphatic heterocycles. The molecule has 2 N–H and O–H groups in total. The number of amides is 1. The van der Waals surface area contributed by atoms with Crippen molar-refractivity contribution in [3.8, 4) is 0 Å². The lowest BCUT2D eigenvalue weighted by molar-refractivity contribution is -0.126. The standard InChI is InChI=1S/C16H22N2O/c1-2-10-18(12-14-6-7-14)16(19)9-8-13-4-3-5-15(17)11-13/h3-5,8-9,11,14H,2,6-7,10,12,17H2,1H3/b9-8+. The molecule has 0 saturated heterocycles. The van der Waals surface area contributed by atoms with E-state index < -0.39 is 0 Å². The normalized spacial score (nSPS) is 14.8. The summed E-state index contributed by atoms with van der Waals surface area (Å²) in [7, 11) is 0. The van der Waals surface area contributed by atoms with Gasteiger partial charge in [0.05, 0.1) is 0 Å². The first-order valence-corrected chi connectivity index (χ1v) is 7.01. The van der Waals surface area contributed by atoms with E-state index in [1.165, 1.54) is 12.8 Å². The van der Waals surface area contributed by atoms with Gasteiger partial charge in [-0.1, -0.05) is 19.1 Å². The maximum absolute atomic E-state index is 12.2. The number of rotatable bonds is 6. The van der Waals surface area contributed by atoms with E-state index in [-0.39, 0.29) is 5.91 Å². The van der Waals surface area contributed by atoms with E-state index in [0.29, 0.717) is 0 Å². The smallest absolute Gasteiger partial charge is 0.246 e. The maximum atomic E-state index is 12.2. The Kier molecular flexibility index (Phi) is 4.61. The van der Waals surface area contributed by atoms with Gasteiger partial charge in [0.15, 0.2) is 0 Å². The second-order valence-electron chi connectivity index (χ2n) is 5.23. The second kappa shape index (κ2) is 6.41. The minimum absolute atomic E-state index is 0.108. The van der Waals surface area contributed by atoms with Crippen molar-refractivity contribution < 1.29 is 4.79 Å². The van der Waals surface area contributed by atoms with E-state index in [9.17, 15) is 4.79 Å². The molecule has 3 nitrogen and oxygen atoms in total. The average Bonchev–Trinajstić information content (AvgIpc) is 3.19. The summed E-state index contributed by atoms with van der Waals surface area (Å²) in [4.78, 5) is 14.1. The van der Waals surface area contributed by atoms with Gasteiger partial charge in [-0.15, -0.1) is 0 Å². The highest BCUT2D eigenvalue weighted by atomic mass is 16.2. The van der Waals surface area contributed by atoms with Crippen LogP contribution >= 0.6 is 0 Å². The average molecular weight is 258 g/mol. The molecule has 3 heteroatoms. The van der Waals surface area contributed by atoms with Gasteiger partial charge in [0.1, 0.15) is 0 Å². The molecule has 102 valence electrons. The van der Waals surface area contributed by atoms with E-state index in [1.54, 1.807) is 6.08 Å². The molecule has 19 heavy (non-hydrogen) atoms. The Labute approximate surface area is 115 Å². The Morgan fingerprint density at radius 1 is 1.47 bits per heavy atom. The first kappa shape index (κ1) is 13.7. The van der Waals surface area contributed by atoms with Gasteiger partial charge in [0.2, 0.25) is 5.91 Å². The highest BCUT2D eigenvalue weighted by Crippen LogP contribution is 2.29. The molecule has 0 unspecified atom stereocenters. The predicted octanol–water partition coefficient (Wildman–Crippen LogP) is 2.93. The van der Waals surface area contributed by atoms with E-state index in [2.05, 4.69) is 6.92 Å². The fourth-order valence-electron chi connectivity index (χ4n) is 2.11. The van der Waals surface area contributed by atoms with Crippen molar-refractivity contribution in [2.45, 2.75) is 26.2 Å². The quantitative estimate of drug-likeness (QED) is 0.630. The molecule has 0 radical (unpaired) electrons. The number of anilines is 1. The molecule has 1 aliphatic carbocycles. The summed E-state index contributed by atoms with van der Waals surface area (Å²) in [5.74, 6) is 0.840. The SMILES string of the molecule is CCCN(CC1CC1)C(=O)/C=C/c1cccc(N)c1. The van der Waals surface area contributed by atoms with Crippen molar-refractivity contribution in [1.29, 1.82) is 0 Å². The Bertz CT molecular complexity index is 464. The van der Waals surface area contributed by atoms with Crippen LogP contribution in [0.1, 0.15) is 31.7 Å². The zero-order valence-electron chi connectivity index (χ0n) is 11.5. The third-order valence-electron chi connectivity index (χ3n) is 3.31. The van der Waals surface area contributed by atoms with Crippen LogP contribution in [0.15, 0.2) is 30.3 Å². The van der Waals surface area contributed by atoms with Crippen LogP contribution in [0.5, 0.6) is 0 Å². The van der Waals surface area contributed by atoms with Crippen LogP contribution in [0.2, 0.25) is 0 Å². The van der Waals surface area contributed by atoms with E-state index >= 15 is 0 Å². The van der Waals surface area contributed by atoms with E-state index in [4.69, 9.17) is 5.73 Å². The summed E-state index contributed by atoms with van der Waals surface area (Å²) in [5, 5.41) is 0. The Hall–Kier alpha value is -1.77. The molecule has 1 aromatic carbocycles. The van der Waals surface area contributed by atoms with Crippen LogP contribution in [-0.2, 0) is 4.79 Å². The van der Waals surface area contributed by atoms with Crippen LogP contribution in [0.3, 0.4) is 0 Å². The lowest BCUT2D eigenvalue weighted by atomic mass is 10.2. The van der Waals surface area contributed by atoms with Gasteiger partial charge in [0, 0.05) is 24.9 Å². The summed E-state index contributed by atoms with van der Waals surface area (Å²) in [6.45, 7) is 3.86. The number of nitrogens with two attached hydrogens (primary N) is 1. The second-order valence-corrected chi connectivity index (χ2v) is 5.23. The summed E-state index contributed by atoms with van der Waals surface area (Å²) < 4.78 is 0. The number of hydrogen-bond donors (Lipinski definition) is 1. The number of benzene rings is 1. The number of nitrogens with zero attached hydrogens (tertiary/aromatic N) is 1. The van der Waals surface area contributed by atoms with E-state index in [1.807, 2.05) is 35.2 Å². The highest BCUT2D eigenvalue weighted by Gasteiger charge is 2.25. The molecular weight excluding hydrogens is 236 g/mol. The summed E-state index contributed by atoms with van der Waals surface area (Å²) in [5.41, 5.74) is 7.41. The largest absolute Gasteiger partial charge is 0.399 e. The lowest BCUT2D eigenvalue weighted by Gasteiger charge is -2.20. The molecular formula is C16H22N2O. The molecule has 0 aromatic heterocycles. The third-order valence-corrected chi connectivity index (χ3v) is 3.31. The minimum atomic E-state index is 0.108. The third kappa shape index (κ3) is 4.43. The molecule has 0 spiro atoms. The zero-order chi connectivity index (χ0) is 13.7. The fraction of sp³-hybridized carbons (Fsp3) is 0.438. The van der Waals surface area contributed by atoms with E-state index in [0.717, 1.165) is 36.7 Å². The van der Waals surface area contributed by atoms with Gasteiger partial charge in [-0.25, -0.2) is 0 Å². The van der Waals surface area contributed by atoms with Crippen LogP contribution < -0.4 is 5.73 Å². The van der Waals surface area contributed by atoms with Gasteiger partial charge < -0.3 is 10.6 Å². The molecule has 0 bridgehead atoms. The van der Waals surface area contributed by atoms with Crippen LogP contribution in [0.25, 0.3) is 6.08 Å². The van der Waals surface area contributed by atoms with Crippen molar-refractivity contribution in [1.82, 2.24) is 4.90 Å². The monoisotopic (exact) mass is 258 g/mol. The number of nitrogen functional groups attached to an aromatic ring is 1. The topological polar surface area (TPSA) is 46.3 Å². The van der Waals surface area contributed by atoms with Crippen molar-refractivity contribution in [3.05, 3.63) is 35.9 Å². The Morgan fingerprint density at radius 3 is 2.89 bits per heavy atom. The summed E-state index contributed by atoms with van der Waals surface area (Å²) >= 11 is 0. The molecule has 1 amide bonds. The molecule has 0 atom stereocenters. The fourth-order valence-corrected chi connectivity index (χ4v) is 2.11. The van der Waals surface area contributed by atoms with Crippen molar-refractivity contribution in [3.63, 3.8) is 0 Å². The minimum Gasteiger partial charge on any atom is -0.399 e. The van der Waals surface area contributed by atoms with Gasteiger partial charge >= 0.3 is 0 Å². The van der Waals surface area contributed by atoms with Gasteiger partial charge in [-0.05, 0) is 49.0 Å². The number of carbonyl (C=O) groups is 1. The highest BCUT2D eigenvalue weighted by molar-refractivity contribution is 5.91. The van der Waals surface area contributed by atoms with Crippen LogP contribution in [0.4, 0.5) is 5.69 Å². The molecule has 2 rings (SSSR count). The van der Waals surface area contributed by atoms with Crippen molar-refractivity contribution >= 4 is 17.7 Å². The zero-order valence-corrected chi connectivity index (χ0v) is 11.5. The lowest BCUT2D eigenvalue weighted by Crippen LogP contribution is -2.32. The number of hydrogen-bond acceptors (Lipinski definition) is 2. The molecule has 1 aliphatic rings. The molecule has 1 fully saturated rings. The van der Waals surface area contributed by atoms with Gasteiger partial charge in [-0.2, -0.15) is 0 Å². The maximum Gasteiger partial charge on any atom is 0.246 e. The molecule has 1 saturated carbocycles. The predicted molar refractivity (Wildman–Crippen MR) is 79.5 cm³/mol. The Morgan fingerprint density at radius 2 is 2.26 bits per heavy atom. The van der Waals surface area contributed by atoms with Gasteiger partial charge in [0.25, 0.3) is 0 Å². The van der Waals surface area contributed by atoms with Crippen molar-refractivity contribution in [2.75, 3.05) is 18.8 Å². The first-order valence-electron chi connectivity index (χ1n) is 7.01. The molecule has 0 heterocycles. The molecule has 1 aromatic rings. The Balaban J connectivity index is 1.96. The summed E-state index contributed by atoms with van der Waals surface area (Å²) in [6, 6.07) is 7.56. The van der Waals surface area contributed by atoms with Crippen LogP contribution in [0, 0.1) is 5.92 Å². The van der Waals surface area contributed by atoms with Crippen molar-refractivity contribution in [2.24, 2.45) is 5.92 Å². The first-order chi connectivity index (χ1) is 9.19. The van der Waals surface area contributed by atoms with Gasteiger partial charge in [-0.3, -0.25) is 4.79 Å². The number of carbonyl (C=O) groups excluding carboxylic acids is 1. The summed E-state index contributed by atoms with van der Waals surface area (Å²) in [6.07, 6.45) is 7.05.